The molecule has 1 aromatic carbocycles. The van der Waals surface area contributed by atoms with Gasteiger partial charge in [0.05, 0.1) is 16.7 Å². The average molecular weight is 492 g/mol. The first kappa shape index (κ1) is 23.1. The van der Waals surface area contributed by atoms with Crippen molar-refractivity contribution in [3.8, 4) is 0 Å². The van der Waals surface area contributed by atoms with E-state index in [0.29, 0.717) is 5.69 Å². The molecule has 2 heterocycles. The number of benzene rings is 1. The summed E-state index contributed by atoms with van der Waals surface area (Å²) in [5.74, 6) is -1.19. The van der Waals surface area contributed by atoms with E-state index in [1.807, 2.05) is 0 Å². The number of nitrogens with zero attached hydrogens (tertiary/aromatic N) is 3. The van der Waals surface area contributed by atoms with Gasteiger partial charge in [-0.2, -0.15) is 0 Å². The SMILES string of the molecule is O=C(CCN1C(=O)[C@H]2CCCC[C@@H]2C1=O)Nc1ccc(S(=O)(=O)Nc2ccc(Cl)nn2)cc1. The molecule has 2 fully saturated rings. The molecular weight excluding hydrogens is 470 g/mol. The minimum absolute atomic E-state index is 0.0163. The number of hydrogen-bond donors (Lipinski definition) is 2. The van der Waals surface area contributed by atoms with Crippen LogP contribution in [0.5, 0.6) is 0 Å². The predicted octanol–water partition coefficient (Wildman–Crippen LogP) is 2.43. The second-order valence-electron chi connectivity index (χ2n) is 7.99. The molecule has 4 rings (SSSR count). The summed E-state index contributed by atoms with van der Waals surface area (Å²) in [6.45, 7) is 0.0367. The summed E-state index contributed by atoms with van der Waals surface area (Å²) in [5, 5.41) is 10.0. The third kappa shape index (κ3) is 5.14. The summed E-state index contributed by atoms with van der Waals surface area (Å²) in [6, 6.07) is 8.34. The third-order valence-corrected chi connectivity index (χ3v) is 7.39. The highest BCUT2D eigenvalue weighted by molar-refractivity contribution is 7.92. The molecule has 174 valence electrons. The van der Waals surface area contributed by atoms with E-state index in [1.54, 1.807) is 0 Å². The highest BCUT2D eigenvalue weighted by Gasteiger charge is 2.47. The van der Waals surface area contributed by atoms with E-state index in [9.17, 15) is 22.8 Å². The lowest BCUT2D eigenvalue weighted by Crippen LogP contribution is -2.34. The van der Waals surface area contributed by atoms with E-state index in [0.717, 1.165) is 25.7 Å². The summed E-state index contributed by atoms with van der Waals surface area (Å²) in [6.07, 6.45) is 3.32. The van der Waals surface area contributed by atoms with E-state index in [-0.39, 0.29) is 58.4 Å². The number of likely N-dealkylation sites (tertiary alicyclic amines) is 1. The Bertz CT molecular complexity index is 1150. The first-order valence-corrected chi connectivity index (χ1v) is 12.4. The third-order valence-electron chi connectivity index (χ3n) is 5.81. The second-order valence-corrected chi connectivity index (χ2v) is 10.1. The first-order chi connectivity index (χ1) is 15.7. The largest absolute Gasteiger partial charge is 0.326 e. The number of carbonyl (C=O) groups is 3. The van der Waals surface area contributed by atoms with Gasteiger partial charge < -0.3 is 5.32 Å². The van der Waals surface area contributed by atoms with Crippen LogP contribution in [0.3, 0.4) is 0 Å². The maximum absolute atomic E-state index is 12.5. The van der Waals surface area contributed by atoms with E-state index in [1.165, 1.54) is 41.3 Å². The number of amides is 3. The molecular formula is C21H22ClN5O5S. The van der Waals surface area contributed by atoms with Crippen molar-refractivity contribution in [2.24, 2.45) is 11.8 Å². The molecule has 12 heteroatoms. The van der Waals surface area contributed by atoms with Gasteiger partial charge in [-0.15, -0.1) is 10.2 Å². The van der Waals surface area contributed by atoms with Crippen molar-refractivity contribution in [3.63, 3.8) is 0 Å². The van der Waals surface area contributed by atoms with E-state index in [4.69, 9.17) is 11.6 Å². The fourth-order valence-corrected chi connectivity index (χ4v) is 5.27. The Balaban J connectivity index is 1.32. The van der Waals surface area contributed by atoms with Crippen molar-refractivity contribution in [2.45, 2.75) is 37.0 Å². The van der Waals surface area contributed by atoms with Crippen molar-refractivity contribution < 1.29 is 22.8 Å². The van der Waals surface area contributed by atoms with Crippen LogP contribution in [0.15, 0.2) is 41.3 Å². The lowest BCUT2D eigenvalue weighted by molar-refractivity contribution is -0.140. The maximum atomic E-state index is 12.5. The lowest BCUT2D eigenvalue weighted by Gasteiger charge is -2.19. The Morgan fingerprint density at radius 2 is 1.64 bits per heavy atom. The van der Waals surface area contributed by atoms with Crippen LogP contribution in [0.2, 0.25) is 5.15 Å². The number of aromatic nitrogens is 2. The Morgan fingerprint density at radius 1 is 1.00 bits per heavy atom. The number of imide groups is 1. The quantitative estimate of drug-likeness (QED) is 0.567. The van der Waals surface area contributed by atoms with Crippen LogP contribution in [0.4, 0.5) is 11.5 Å². The first-order valence-electron chi connectivity index (χ1n) is 10.5. The van der Waals surface area contributed by atoms with Gasteiger partial charge in [0, 0.05) is 18.7 Å². The number of nitrogens with one attached hydrogen (secondary N) is 2. The Kier molecular flexibility index (Phi) is 6.61. The highest BCUT2D eigenvalue weighted by atomic mass is 35.5. The zero-order valence-corrected chi connectivity index (χ0v) is 19.1. The van der Waals surface area contributed by atoms with Gasteiger partial charge in [0.15, 0.2) is 11.0 Å². The molecule has 2 aromatic rings. The molecule has 3 amide bonds. The molecule has 0 bridgehead atoms. The number of hydrogen-bond acceptors (Lipinski definition) is 7. The van der Waals surface area contributed by atoms with Crippen molar-refractivity contribution in [1.29, 1.82) is 0 Å². The molecule has 1 aliphatic carbocycles. The molecule has 1 aromatic heterocycles. The molecule has 10 nitrogen and oxygen atoms in total. The number of rotatable bonds is 7. The number of anilines is 2. The second kappa shape index (κ2) is 9.44. The normalized spacial score (nSPS) is 20.5. The average Bonchev–Trinajstić information content (AvgIpc) is 3.04. The molecule has 0 spiro atoms. The van der Waals surface area contributed by atoms with Crippen LogP contribution in [-0.4, -0.2) is 47.8 Å². The Hall–Kier alpha value is -3.05. The zero-order chi connectivity index (χ0) is 23.6. The van der Waals surface area contributed by atoms with Crippen molar-refractivity contribution in [3.05, 3.63) is 41.6 Å². The Labute approximate surface area is 195 Å². The van der Waals surface area contributed by atoms with Crippen molar-refractivity contribution in [2.75, 3.05) is 16.6 Å². The van der Waals surface area contributed by atoms with Crippen LogP contribution >= 0.6 is 11.6 Å². The molecule has 0 radical (unpaired) electrons. The molecule has 2 N–H and O–H groups in total. The number of halogens is 1. The summed E-state index contributed by atoms with van der Waals surface area (Å²) in [4.78, 5) is 38.5. The molecule has 1 saturated heterocycles. The van der Waals surface area contributed by atoms with E-state index < -0.39 is 10.0 Å². The van der Waals surface area contributed by atoms with E-state index in [2.05, 4.69) is 20.2 Å². The number of sulfonamides is 1. The van der Waals surface area contributed by atoms with Gasteiger partial charge in [-0.25, -0.2) is 8.42 Å². The molecule has 1 aliphatic heterocycles. The summed E-state index contributed by atoms with van der Waals surface area (Å²) in [5.41, 5.74) is 0.387. The van der Waals surface area contributed by atoms with Gasteiger partial charge in [0.2, 0.25) is 17.7 Å². The van der Waals surface area contributed by atoms with Gasteiger partial charge in [-0.05, 0) is 49.2 Å². The van der Waals surface area contributed by atoms with Crippen LogP contribution in [-0.2, 0) is 24.4 Å². The zero-order valence-electron chi connectivity index (χ0n) is 17.5. The molecule has 2 aliphatic rings. The smallest absolute Gasteiger partial charge is 0.263 e. The molecule has 33 heavy (non-hydrogen) atoms. The lowest BCUT2D eigenvalue weighted by atomic mass is 9.81. The molecule has 1 saturated carbocycles. The van der Waals surface area contributed by atoms with E-state index >= 15 is 0 Å². The maximum Gasteiger partial charge on any atom is 0.263 e. The van der Waals surface area contributed by atoms with Crippen LogP contribution in [0.1, 0.15) is 32.1 Å². The van der Waals surface area contributed by atoms with Gasteiger partial charge in [-0.1, -0.05) is 24.4 Å². The predicted molar refractivity (Wildman–Crippen MR) is 120 cm³/mol. The highest BCUT2D eigenvalue weighted by Crippen LogP contribution is 2.38. The number of carbonyl (C=O) groups excluding carboxylic acids is 3. The van der Waals surface area contributed by atoms with Crippen LogP contribution in [0, 0.1) is 11.8 Å². The Morgan fingerprint density at radius 3 is 2.21 bits per heavy atom. The summed E-state index contributed by atoms with van der Waals surface area (Å²) < 4.78 is 27.2. The standard InChI is InChI=1S/C21H22ClN5O5S/c22-17-9-10-18(25-24-17)26-33(31,32)14-7-5-13(6-8-14)23-19(28)11-12-27-20(29)15-3-1-2-4-16(15)21(27)30/h5-10,15-16H,1-4,11-12H2,(H,23,28)(H,25,26)/t15-,16-/m0/s1. The van der Waals surface area contributed by atoms with Gasteiger partial charge in [-0.3, -0.25) is 24.0 Å². The number of fused-ring (bicyclic) bond motifs is 1. The molecule has 2 atom stereocenters. The van der Waals surface area contributed by atoms with Crippen LogP contribution in [0.25, 0.3) is 0 Å². The minimum Gasteiger partial charge on any atom is -0.326 e. The monoisotopic (exact) mass is 491 g/mol. The van der Waals surface area contributed by atoms with Crippen molar-refractivity contribution in [1.82, 2.24) is 15.1 Å². The minimum atomic E-state index is -3.91. The fourth-order valence-electron chi connectivity index (χ4n) is 4.17. The molecule has 0 unspecified atom stereocenters. The van der Waals surface area contributed by atoms with Crippen LogP contribution < -0.4 is 10.0 Å². The summed E-state index contributed by atoms with van der Waals surface area (Å²) in [7, 11) is -3.91. The summed E-state index contributed by atoms with van der Waals surface area (Å²) >= 11 is 5.64. The topological polar surface area (TPSA) is 138 Å². The van der Waals surface area contributed by atoms with Gasteiger partial charge in [0.1, 0.15) is 0 Å². The van der Waals surface area contributed by atoms with Gasteiger partial charge >= 0.3 is 0 Å². The van der Waals surface area contributed by atoms with Gasteiger partial charge in [0.25, 0.3) is 10.0 Å². The van der Waals surface area contributed by atoms with Crippen molar-refractivity contribution >= 4 is 50.9 Å². The fraction of sp³-hybridized carbons (Fsp3) is 0.381.